The molecule has 2 spiro atoms. The largest absolute Gasteiger partial charge is 0.446 e. The number of aliphatic hydroxyl groups is 1. The Morgan fingerprint density at radius 3 is 2.36 bits per heavy atom. The summed E-state index contributed by atoms with van der Waals surface area (Å²) < 4.78 is 19.4. The van der Waals surface area contributed by atoms with Gasteiger partial charge in [-0.15, -0.1) is 0 Å². The van der Waals surface area contributed by atoms with Crippen LogP contribution in [0.2, 0.25) is 0 Å². The number of fused-ring (bicyclic) bond motifs is 4. The summed E-state index contributed by atoms with van der Waals surface area (Å²) >= 11 is 0. The molecule has 2 heterocycles. The Balaban J connectivity index is 1.00. The van der Waals surface area contributed by atoms with Crippen molar-refractivity contribution in [2.45, 2.75) is 168 Å². The molecule has 0 aromatic heterocycles. The number of hydrogen-bond acceptors (Lipinski definition) is 7. The first-order valence-electron chi connectivity index (χ1n) is 20.4. The number of rotatable bonds is 5. The van der Waals surface area contributed by atoms with E-state index in [0.29, 0.717) is 30.6 Å². The summed E-state index contributed by atoms with van der Waals surface area (Å²) in [6.45, 7) is 17.6. The Kier molecular flexibility index (Phi) is 8.31. The lowest BCUT2D eigenvalue weighted by molar-refractivity contribution is -0.185. The number of ether oxygens (including phenoxy) is 3. The molecule has 6 aliphatic carbocycles. The van der Waals surface area contributed by atoms with E-state index in [9.17, 15) is 19.5 Å². The van der Waals surface area contributed by atoms with Gasteiger partial charge in [-0.3, -0.25) is 4.79 Å². The SMILES string of the molecule is CC(C)[C@@H](OC(=O)N1CCC1)[C@H]1C[C@@H](C)[C@H]2[C@H](O1)[C@H](O)[C@@]1(C)[C@@H]3CC[C@H]4C(C)(C)[C@@H](OC(=O)N[C@@H]5CCCCC5=O)CC[C@@]45C[C@@]35CC[C@]21C. The normalized spacial score (nSPS) is 49.3. The molecule has 8 rings (SSSR count). The van der Waals surface area contributed by atoms with E-state index in [1.165, 1.54) is 12.8 Å². The lowest BCUT2D eigenvalue weighted by Crippen LogP contribution is -2.60. The van der Waals surface area contributed by atoms with Gasteiger partial charge in [0.2, 0.25) is 0 Å². The van der Waals surface area contributed by atoms with Crippen LogP contribution in [-0.2, 0) is 19.0 Å². The van der Waals surface area contributed by atoms with Gasteiger partial charge in [0.15, 0.2) is 5.78 Å². The van der Waals surface area contributed by atoms with Crippen molar-refractivity contribution >= 4 is 18.0 Å². The van der Waals surface area contributed by atoms with Crippen molar-refractivity contribution in [3.63, 3.8) is 0 Å². The van der Waals surface area contributed by atoms with E-state index in [1.807, 2.05) is 0 Å². The van der Waals surface area contributed by atoms with E-state index < -0.39 is 18.2 Å². The Labute approximate surface area is 299 Å². The maximum atomic E-state index is 13.1. The van der Waals surface area contributed by atoms with Crippen LogP contribution in [-0.4, -0.2) is 77.6 Å². The third-order valence-corrected chi connectivity index (χ3v) is 17.2. The van der Waals surface area contributed by atoms with Crippen LogP contribution in [0.1, 0.15) is 132 Å². The highest BCUT2D eigenvalue weighted by atomic mass is 16.6. The van der Waals surface area contributed by atoms with E-state index >= 15 is 0 Å². The van der Waals surface area contributed by atoms with Crippen LogP contribution in [0.15, 0.2) is 0 Å². The third kappa shape index (κ3) is 4.72. The van der Waals surface area contributed by atoms with Crippen LogP contribution in [0.4, 0.5) is 9.59 Å². The van der Waals surface area contributed by atoms with Crippen LogP contribution in [0.3, 0.4) is 0 Å². The number of Topliss-reactive ketones (excluding diaryl/α,β-unsaturated/α-hetero) is 1. The predicted octanol–water partition coefficient (Wildman–Crippen LogP) is 7.27. The molecule has 280 valence electrons. The van der Waals surface area contributed by atoms with Gasteiger partial charge in [0.05, 0.1) is 24.4 Å². The number of likely N-dealkylation sites (tertiary alicyclic amines) is 1. The summed E-state index contributed by atoms with van der Waals surface area (Å²) in [5.41, 5.74) is -0.0676. The fraction of sp³-hybridized carbons (Fsp3) is 0.927. The highest BCUT2D eigenvalue weighted by molar-refractivity contribution is 5.87. The van der Waals surface area contributed by atoms with Gasteiger partial charge in [-0.1, -0.05) is 54.9 Å². The number of hydrogen-bond donors (Lipinski definition) is 2. The molecule has 9 heteroatoms. The third-order valence-electron chi connectivity index (χ3n) is 17.2. The minimum absolute atomic E-state index is 0.0416. The van der Waals surface area contributed by atoms with Crippen LogP contribution in [0.5, 0.6) is 0 Å². The molecular formula is C41H64N2O7. The molecule has 50 heavy (non-hydrogen) atoms. The van der Waals surface area contributed by atoms with Gasteiger partial charge in [-0.05, 0) is 116 Å². The Morgan fingerprint density at radius 1 is 0.960 bits per heavy atom. The van der Waals surface area contributed by atoms with Gasteiger partial charge in [-0.25, -0.2) is 9.59 Å². The summed E-state index contributed by atoms with van der Waals surface area (Å²) in [5.74, 6) is 1.73. The quantitative estimate of drug-likeness (QED) is 0.311. The maximum absolute atomic E-state index is 13.1. The lowest BCUT2D eigenvalue weighted by Gasteiger charge is -2.63. The number of carbonyl (C=O) groups excluding carboxylic acids is 3. The molecule has 2 saturated heterocycles. The molecule has 2 N–H and O–H groups in total. The minimum atomic E-state index is -0.572. The molecule has 0 radical (unpaired) electrons. The zero-order valence-electron chi connectivity index (χ0n) is 31.8. The number of carbonyl (C=O) groups is 3. The zero-order chi connectivity index (χ0) is 35.6. The Hall–Kier alpha value is -1.87. The maximum Gasteiger partial charge on any atom is 0.410 e. The summed E-state index contributed by atoms with van der Waals surface area (Å²) in [6, 6.07) is -0.408. The van der Waals surface area contributed by atoms with Crippen LogP contribution >= 0.6 is 0 Å². The van der Waals surface area contributed by atoms with Crippen molar-refractivity contribution in [2.24, 2.45) is 56.7 Å². The van der Waals surface area contributed by atoms with E-state index in [1.54, 1.807) is 4.90 Å². The average Bonchev–Trinajstić information content (AvgIpc) is 3.66. The number of aliphatic hydroxyl groups excluding tert-OH is 1. The first-order chi connectivity index (χ1) is 23.6. The minimum Gasteiger partial charge on any atom is -0.446 e. The predicted molar refractivity (Wildman–Crippen MR) is 188 cm³/mol. The highest BCUT2D eigenvalue weighted by Crippen LogP contribution is 2.89. The van der Waals surface area contributed by atoms with Crippen molar-refractivity contribution in [3.05, 3.63) is 0 Å². The monoisotopic (exact) mass is 696 g/mol. The van der Waals surface area contributed by atoms with E-state index in [4.69, 9.17) is 14.2 Å². The second kappa shape index (κ2) is 11.8. The summed E-state index contributed by atoms with van der Waals surface area (Å²) in [7, 11) is 0. The number of nitrogens with zero attached hydrogens (tertiary/aromatic N) is 1. The molecule has 0 aromatic carbocycles. The van der Waals surface area contributed by atoms with Gasteiger partial charge in [0.25, 0.3) is 0 Å². The summed E-state index contributed by atoms with van der Waals surface area (Å²) in [4.78, 5) is 40.3. The molecule has 0 unspecified atom stereocenters. The first-order valence-corrected chi connectivity index (χ1v) is 20.4. The Morgan fingerprint density at radius 2 is 1.68 bits per heavy atom. The molecule has 8 aliphatic rings. The summed E-state index contributed by atoms with van der Waals surface area (Å²) in [5, 5.41) is 15.6. The van der Waals surface area contributed by atoms with Gasteiger partial charge >= 0.3 is 12.2 Å². The molecule has 9 nitrogen and oxygen atoms in total. The average molecular weight is 697 g/mol. The van der Waals surface area contributed by atoms with E-state index in [-0.39, 0.29) is 75.2 Å². The van der Waals surface area contributed by atoms with Crippen molar-refractivity contribution in [2.75, 3.05) is 13.1 Å². The van der Waals surface area contributed by atoms with Crippen LogP contribution in [0, 0.1) is 56.7 Å². The van der Waals surface area contributed by atoms with Crippen LogP contribution < -0.4 is 5.32 Å². The number of amides is 2. The van der Waals surface area contributed by atoms with Crippen molar-refractivity contribution < 1.29 is 33.7 Å². The lowest BCUT2D eigenvalue weighted by atomic mass is 9.41. The first kappa shape index (κ1) is 35.2. The van der Waals surface area contributed by atoms with E-state index in [0.717, 1.165) is 70.9 Å². The number of alkyl carbamates (subject to hydrolysis) is 1. The topological polar surface area (TPSA) is 114 Å². The zero-order valence-corrected chi connectivity index (χ0v) is 31.8. The second-order valence-corrected chi connectivity index (χ2v) is 19.8. The van der Waals surface area contributed by atoms with Crippen molar-refractivity contribution in [1.82, 2.24) is 10.2 Å². The molecule has 2 amide bonds. The van der Waals surface area contributed by atoms with E-state index in [2.05, 4.69) is 53.8 Å². The molecule has 8 fully saturated rings. The molecule has 0 aromatic rings. The van der Waals surface area contributed by atoms with Gasteiger partial charge in [0.1, 0.15) is 12.2 Å². The van der Waals surface area contributed by atoms with Crippen molar-refractivity contribution in [1.29, 1.82) is 0 Å². The molecule has 0 bridgehead atoms. The molecule has 14 atom stereocenters. The van der Waals surface area contributed by atoms with Crippen molar-refractivity contribution in [3.8, 4) is 0 Å². The van der Waals surface area contributed by atoms with Gasteiger partial charge in [0, 0.05) is 30.3 Å². The molecular weight excluding hydrogens is 632 g/mol. The summed E-state index contributed by atoms with van der Waals surface area (Å²) in [6.07, 6.45) is 10.3. The second-order valence-electron chi connectivity index (χ2n) is 19.8. The van der Waals surface area contributed by atoms with Crippen LogP contribution in [0.25, 0.3) is 0 Å². The molecule has 6 saturated carbocycles. The standard InChI is InChI=1S/C41H64N2O7/c1-23(2)32(50-36(47)43-19-10-20-43)27-21-24(3)31-33(48-27)34(45)39(7)29-14-13-28-37(4,5)30(49-35(46)42-25-11-8-9-12-26(25)44)15-16-40(28)22-41(29,40)18-17-38(31,39)6/h23-25,27-34,45H,8-22H2,1-7H3,(H,42,46)/t24-,25-,27-,28+,29+,30+,31+,32-,33+,34+,38-,39-,40-,41+/m1/s1. The fourth-order valence-electron chi connectivity index (χ4n) is 14.5. The molecule has 2 aliphatic heterocycles. The number of nitrogens with one attached hydrogen (secondary N) is 1. The Bertz CT molecular complexity index is 1400. The fourth-order valence-corrected chi connectivity index (χ4v) is 14.5. The van der Waals surface area contributed by atoms with Gasteiger partial charge in [-0.2, -0.15) is 0 Å². The smallest absolute Gasteiger partial charge is 0.410 e. The number of ketones is 1. The highest BCUT2D eigenvalue weighted by Gasteiger charge is 2.84. The van der Waals surface area contributed by atoms with Gasteiger partial charge < -0.3 is 29.5 Å².